The van der Waals surface area contributed by atoms with Gasteiger partial charge >= 0.3 is 6.09 Å². The summed E-state index contributed by atoms with van der Waals surface area (Å²) in [7, 11) is 0. The maximum Gasteiger partial charge on any atom is 0.433 e. The number of aliphatic hydroxyl groups excluding tert-OH is 1. The Morgan fingerprint density at radius 2 is 1.93 bits per heavy atom. The maximum absolute atomic E-state index is 10.7. The molecule has 0 spiro atoms. The lowest BCUT2D eigenvalue weighted by Gasteiger charge is -2.09. The van der Waals surface area contributed by atoms with Crippen LogP contribution in [-0.4, -0.2) is 47.0 Å². The van der Waals surface area contributed by atoms with Gasteiger partial charge in [-0.05, 0) is 6.92 Å². The van der Waals surface area contributed by atoms with Crippen molar-refractivity contribution in [3.05, 3.63) is 4.91 Å². The Labute approximate surface area is 86.4 Å². The van der Waals surface area contributed by atoms with Crippen LogP contribution in [0.15, 0.2) is 5.29 Å². The second-order valence-corrected chi connectivity index (χ2v) is 2.15. The van der Waals surface area contributed by atoms with Gasteiger partial charge in [0.25, 0.3) is 5.97 Å². The van der Waals surface area contributed by atoms with Crippen molar-refractivity contribution in [3.63, 3.8) is 0 Å². The van der Waals surface area contributed by atoms with Crippen molar-refractivity contribution in [1.82, 2.24) is 5.01 Å². The number of nitrogens with zero attached hydrogens (tertiary/aromatic N) is 2. The third-order valence-electron chi connectivity index (χ3n) is 0.889. The fraction of sp³-hybridized carbons (Fsp3) is 0.714. The van der Waals surface area contributed by atoms with E-state index in [0.29, 0.717) is 5.01 Å². The van der Waals surface area contributed by atoms with Crippen LogP contribution in [0.2, 0.25) is 0 Å². The first-order chi connectivity index (χ1) is 6.99. The Morgan fingerprint density at radius 3 is 2.20 bits per heavy atom. The molecule has 0 atom stereocenters. The zero-order chi connectivity index (χ0) is 12.3. The first-order valence-electron chi connectivity index (χ1n) is 4.07. The molecule has 0 aliphatic carbocycles. The molecule has 0 aliphatic heterocycles. The van der Waals surface area contributed by atoms with Crippen LogP contribution in [0.4, 0.5) is 4.79 Å². The van der Waals surface area contributed by atoms with Crippen molar-refractivity contribution in [2.45, 2.75) is 13.8 Å². The molecule has 0 aliphatic rings. The van der Waals surface area contributed by atoms with Gasteiger partial charge in [0.15, 0.2) is 0 Å². The van der Waals surface area contributed by atoms with E-state index in [9.17, 15) is 9.70 Å². The molecule has 88 valence electrons. The number of hydrogen-bond acceptors (Lipinski definition) is 6. The van der Waals surface area contributed by atoms with Gasteiger partial charge in [0.05, 0.1) is 25.0 Å². The molecule has 15 heavy (non-hydrogen) atoms. The Bertz CT molecular complexity index is 204. The van der Waals surface area contributed by atoms with E-state index in [4.69, 9.17) is 15.0 Å². The van der Waals surface area contributed by atoms with Gasteiger partial charge in [-0.25, -0.2) is 4.79 Å². The molecule has 0 unspecified atom stereocenters. The number of hydrogen-bond donors (Lipinski definition) is 2. The molecule has 0 saturated carbocycles. The summed E-state index contributed by atoms with van der Waals surface area (Å²) in [6, 6.07) is 0. The monoisotopic (exact) mass is 222 g/mol. The lowest BCUT2D eigenvalue weighted by molar-refractivity contribution is -0.134. The fourth-order valence-corrected chi connectivity index (χ4v) is 0.458. The van der Waals surface area contributed by atoms with E-state index < -0.39 is 12.1 Å². The molecule has 8 nitrogen and oxygen atoms in total. The number of aliphatic hydroxyl groups is 1. The summed E-state index contributed by atoms with van der Waals surface area (Å²) in [6.07, 6.45) is -0.837. The number of nitroso groups, excluding NO2 is 1. The highest BCUT2D eigenvalue weighted by molar-refractivity contribution is 5.66. The minimum Gasteiger partial charge on any atom is -0.481 e. The van der Waals surface area contributed by atoms with Crippen LogP contribution in [0, 0.1) is 4.91 Å². The number of carbonyl (C=O) groups excluding carboxylic acids is 1. The quantitative estimate of drug-likeness (QED) is 0.518. The average Bonchev–Trinajstić information content (AvgIpc) is 2.13. The Morgan fingerprint density at radius 1 is 1.47 bits per heavy atom. The highest BCUT2D eigenvalue weighted by atomic mass is 16.6. The Kier molecular flexibility index (Phi) is 10.9. The average molecular weight is 222 g/mol. The van der Waals surface area contributed by atoms with Gasteiger partial charge in [-0.3, -0.25) is 4.79 Å². The van der Waals surface area contributed by atoms with Gasteiger partial charge in [0.1, 0.15) is 0 Å². The van der Waals surface area contributed by atoms with Gasteiger partial charge in [0, 0.05) is 6.92 Å². The molecule has 0 bridgehead atoms. The lowest BCUT2D eigenvalue weighted by atomic mass is 10.7. The molecule has 0 radical (unpaired) electrons. The topological polar surface area (TPSA) is 116 Å². The molecule has 0 heterocycles. The first-order valence-corrected chi connectivity index (χ1v) is 4.07. The van der Waals surface area contributed by atoms with E-state index in [2.05, 4.69) is 10.0 Å². The smallest absolute Gasteiger partial charge is 0.433 e. The first kappa shape index (κ1) is 15.8. The number of rotatable bonds is 4. The maximum atomic E-state index is 10.7. The van der Waals surface area contributed by atoms with Crippen LogP contribution in [0.5, 0.6) is 0 Å². The van der Waals surface area contributed by atoms with Crippen molar-refractivity contribution in [2.24, 2.45) is 5.29 Å². The summed E-state index contributed by atoms with van der Waals surface area (Å²) in [5.41, 5.74) is 0. The fourth-order valence-electron chi connectivity index (χ4n) is 0.458. The molecule has 0 fully saturated rings. The van der Waals surface area contributed by atoms with Crippen LogP contribution in [0.3, 0.4) is 0 Å². The Hall–Kier alpha value is -1.70. The van der Waals surface area contributed by atoms with Crippen molar-refractivity contribution < 1.29 is 24.5 Å². The minimum absolute atomic E-state index is 0.137. The third kappa shape index (κ3) is 12.3. The zero-order valence-corrected chi connectivity index (χ0v) is 8.54. The summed E-state index contributed by atoms with van der Waals surface area (Å²) >= 11 is 0. The van der Waals surface area contributed by atoms with E-state index >= 15 is 0 Å². The summed E-state index contributed by atoms with van der Waals surface area (Å²) in [6.45, 7) is 2.42. The largest absolute Gasteiger partial charge is 0.481 e. The van der Waals surface area contributed by atoms with E-state index in [-0.39, 0.29) is 19.8 Å². The predicted molar refractivity (Wildman–Crippen MR) is 49.9 cm³/mol. The number of ether oxygens (including phenoxy) is 1. The number of aliphatic carboxylic acids is 1. The van der Waals surface area contributed by atoms with Crippen LogP contribution >= 0.6 is 0 Å². The summed E-state index contributed by atoms with van der Waals surface area (Å²) in [5.74, 6) is -0.833. The summed E-state index contributed by atoms with van der Waals surface area (Å²) < 4.78 is 4.43. The van der Waals surface area contributed by atoms with Crippen molar-refractivity contribution in [3.8, 4) is 0 Å². The molecule has 2 N–H and O–H groups in total. The third-order valence-corrected chi connectivity index (χ3v) is 0.889. The van der Waals surface area contributed by atoms with E-state index in [0.717, 1.165) is 6.92 Å². The molecule has 0 aromatic carbocycles. The van der Waals surface area contributed by atoms with Crippen LogP contribution in [0.25, 0.3) is 0 Å². The normalized spacial score (nSPS) is 8.20. The van der Waals surface area contributed by atoms with E-state index in [1.807, 2.05) is 0 Å². The number of amides is 1. The minimum atomic E-state index is -0.837. The van der Waals surface area contributed by atoms with Gasteiger partial charge in [-0.1, -0.05) is 0 Å². The standard InChI is InChI=1S/C5H10N2O4.C2H4O2/c1-2-11-5(9)7(6-10)3-4-8;1-2(3)4/h8H,2-4H2,1H3;1H3,(H,3,4). The molecule has 0 saturated heterocycles. The van der Waals surface area contributed by atoms with Gasteiger partial charge in [-0.15, -0.1) is 4.91 Å². The van der Waals surface area contributed by atoms with Crippen LogP contribution in [-0.2, 0) is 9.53 Å². The highest BCUT2D eigenvalue weighted by Gasteiger charge is 2.13. The number of carbonyl (C=O) groups is 2. The highest BCUT2D eigenvalue weighted by Crippen LogP contribution is 1.93. The number of carboxylic acids is 1. The molecule has 0 rings (SSSR count). The van der Waals surface area contributed by atoms with Crippen LogP contribution in [0.1, 0.15) is 13.8 Å². The molecule has 0 aromatic heterocycles. The van der Waals surface area contributed by atoms with Crippen LogP contribution < -0.4 is 0 Å². The second kappa shape index (κ2) is 10.4. The SMILES string of the molecule is CC(=O)O.CCOC(=O)N(CCO)N=O. The molecular weight excluding hydrogens is 208 g/mol. The van der Waals surface area contributed by atoms with Gasteiger partial charge in [-0.2, -0.15) is 5.01 Å². The zero-order valence-electron chi connectivity index (χ0n) is 8.54. The molecular formula is C7H14N2O6. The summed E-state index contributed by atoms with van der Waals surface area (Å²) in [5, 5.41) is 18.6. The molecule has 0 aromatic rings. The van der Waals surface area contributed by atoms with Gasteiger partial charge < -0.3 is 14.9 Å². The second-order valence-electron chi connectivity index (χ2n) is 2.15. The van der Waals surface area contributed by atoms with Gasteiger partial charge in [0.2, 0.25) is 0 Å². The molecule has 1 amide bonds. The lowest BCUT2D eigenvalue weighted by Crippen LogP contribution is -2.28. The van der Waals surface area contributed by atoms with Crippen molar-refractivity contribution >= 4 is 12.1 Å². The van der Waals surface area contributed by atoms with Crippen molar-refractivity contribution in [2.75, 3.05) is 19.8 Å². The Balaban J connectivity index is 0. The predicted octanol–water partition coefficient (Wildman–Crippen LogP) is 0.210. The van der Waals surface area contributed by atoms with Crippen molar-refractivity contribution in [1.29, 1.82) is 0 Å². The van der Waals surface area contributed by atoms with E-state index in [1.54, 1.807) is 6.92 Å². The van der Waals surface area contributed by atoms with E-state index in [1.165, 1.54) is 0 Å². The molecule has 8 heteroatoms. The summed E-state index contributed by atoms with van der Waals surface area (Å²) in [4.78, 5) is 29.5. The number of carboxylic acid groups (broad SMARTS) is 1.